The van der Waals surface area contributed by atoms with E-state index < -0.39 is 0 Å². The number of benzene rings is 2. The monoisotopic (exact) mass is 393 g/mol. The first-order chi connectivity index (χ1) is 11.6. The minimum Gasteiger partial charge on any atom is -0.497 e. The SMILES string of the molecule is COc1ccc(NC(=O)COc2c(C=O)cc(Br)cc2OC)cc1. The number of carbonyl (C=O) groups excluding carboxylic acids is 2. The summed E-state index contributed by atoms with van der Waals surface area (Å²) in [5.41, 5.74) is 0.904. The molecule has 126 valence electrons. The van der Waals surface area contributed by atoms with Crippen molar-refractivity contribution in [3.8, 4) is 17.2 Å². The van der Waals surface area contributed by atoms with Crippen molar-refractivity contribution in [3.05, 3.63) is 46.4 Å². The van der Waals surface area contributed by atoms with Gasteiger partial charge in [-0.25, -0.2) is 0 Å². The van der Waals surface area contributed by atoms with Gasteiger partial charge < -0.3 is 19.5 Å². The highest BCUT2D eigenvalue weighted by atomic mass is 79.9. The number of ether oxygens (including phenoxy) is 3. The zero-order valence-corrected chi connectivity index (χ0v) is 14.8. The first kappa shape index (κ1) is 17.8. The molecule has 0 radical (unpaired) electrons. The lowest BCUT2D eigenvalue weighted by Crippen LogP contribution is -2.20. The van der Waals surface area contributed by atoms with Gasteiger partial charge in [0.2, 0.25) is 0 Å². The van der Waals surface area contributed by atoms with Crippen molar-refractivity contribution >= 4 is 33.8 Å². The highest BCUT2D eigenvalue weighted by molar-refractivity contribution is 9.10. The summed E-state index contributed by atoms with van der Waals surface area (Å²) in [6.45, 7) is -0.259. The van der Waals surface area contributed by atoms with Crippen molar-refractivity contribution in [2.24, 2.45) is 0 Å². The van der Waals surface area contributed by atoms with E-state index in [-0.39, 0.29) is 18.3 Å². The highest BCUT2D eigenvalue weighted by Gasteiger charge is 2.14. The third-order valence-corrected chi connectivity index (χ3v) is 3.57. The summed E-state index contributed by atoms with van der Waals surface area (Å²) >= 11 is 3.28. The van der Waals surface area contributed by atoms with Crippen molar-refractivity contribution in [2.75, 3.05) is 26.1 Å². The molecule has 0 aliphatic rings. The first-order valence-corrected chi connectivity index (χ1v) is 7.76. The Morgan fingerprint density at radius 3 is 2.46 bits per heavy atom. The van der Waals surface area contributed by atoms with Crippen LogP contribution < -0.4 is 19.5 Å². The molecule has 2 aromatic carbocycles. The molecular weight excluding hydrogens is 378 g/mol. The zero-order valence-electron chi connectivity index (χ0n) is 13.2. The minimum atomic E-state index is -0.359. The Balaban J connectivity index is 2.04. The van der Waals surface area contributed by atoms with Crippen molar-refractivity contribution in [2.45, 2.75) is 0 Å². The molecule has 1 amide bonds. The molecule has 0 heterocycles. The van der Waals surface area contributed by atoms with Crippen molar-refractivity contribution < 1.29 is 23.8 Å². The van der Waals surface area contributed by atoms with Crippen molar-refractivity contribution in [1.82, 2.24) is 0 Å². The van der Waals surface area contributed by atoms with Gasteiger partial charge in [0.15, 0.2) is 24.4 Å². The van der Waals surface area contributed by atoms with Crippen LogP contribution in [-0.4, -0.2) is 33.0 Å². The number of halogens is 1. The van der Waals surface area contributed by atoms with Gasteiger partial charge >= 0.3 is 0 Å². The number of hydrogen-bond donors (Lipinski definition) is 1. The van der Waals surface area contributed by atoms with Crippen LogP contribution in [0, 0.1) is 0 Å². The molecule has 0 aliphatic carbocycles. The molecular formula is C17H16BrNO5. The molecule has 24 heavy (non-hydrogen) atoms. The van der Waals surface area contributed by atoms with Crippen LogP contribution in [0.25, 0.3) is 0 Å². The Morgan fingerprint density at radius 1 is 1.17 bits per heavy atom. The Morgan fingerprint density at radius 2 is 1.88 bits per heavy atom. The molecule has 0 bridgehead atoms. The van der Waals surface area contributed by atoms with E-state index in [4.69, 9.17) is 14.2 Å². The number of aldehydes is 1. The Kier molecular flexibility index (Phi) is 6.20. The van der Waals surface area contributed by atoms with E-state index in [0.29, 0.717) is 33.5 Å². The van der Waals surface area contributed by atoms with E-state index in [1.807, 2.05) is 0 Å². The van der Waals surface area contributed by atoms with Gasteiger partial charge in [-0.1, -0.05) is 15.9 Å². The fourth-order valence-electron chi connectivity index (χ4n) is 1.99. The Labute approximate surface area is 147 Å². The topological polar surface area (TPSA) is 73.9 Å². The van der Waals surface area contributed by atoms with Gasteiger partial charge in [0, 0.05) is 10.2 Å². The third kappa shape index (κ3) is 4.48. The van der Waals surface area contributed by atoms with Gasteiger partial charge in [-0.05, 0) is 36.4 Å². The molecule has 2 aromatic rings. The maximum atomic E-state index is 12.0. The maximum absolute atomic E-state index is 12.0. The molecule has 2 rings (SSSR count). The Bertz CT molecular complexity index is 731. The normalized spacial score (nSPS) is 9.96. The third-order valence-electron chi connectivity index (χ3n) is 3.12. The standard InChI is InChI=1S/C17H16BrNO5/c1-22-14-5-3-13(4-6-14)19-16(21)10-24-17-11(9-20)7-12(18)8-15(17)23-2/h3-9H,10H2,1-2H3,(H,19,21). The smallest absolute Gasteiger partial charge is 0.262 e. The lowest BCUT2D eigenvalue weighted by atomic mass is 10.2. The van der Waals surface area contributed by atoms with Gasteiger partial charge in [0.25, 0.3) is 5.91 Å². The second-order valence-electron chi connectivity index (χ2n) is 4.71. The summed E-state index contributed by atoms with van der Waals surface area (Å²) in [5, 5.41) is 2.69. The molecule has 7 heteroatoms. The number of hydrogen-bond acceptors (Lipinski definition) is 5. The van der Waals surface area contributed by atoms with Crippen LogP contribution in [-0.2, 0) is 4.79 Å². The Hall–Kier alpha value is -2.54. The van der Waals surface area contributed by atoms with Gasteiger partial charge in [0.1, 0.15) is 5.75 Å². The summed E-state index contributed by atoms with van der Waals surface area (Å²) in [5.74, 6) is 0.922. The molecule has 0 fully saturated rings. The molecule has 0 aliphatic heterocycles. The highest BCUT2D eigenvalue weighted by Crippen LogP contribution is 2.33. The lowest BCUT2D eigenvalue weighted by Gasteiger charge is -2.13. The number of methoxy groups -OCH3 is 2. The van der Waals surface area contributed by atoms with E-state index in [0.717, 1.165) is 0 Å². The van der Waals surface area contributed by atoms with Crippen molar-refractivity contribution in [1.29, 1.82) is 0 Å². The number of anilines is 1. The number of rotatable bonds is 7. The quantitative estimate of drug-likeness (QED) is 0.730. The molecule has 0 unspecified atom stereocenters. The molecule has 0 atom stereocenters. The average molecular weight is 394 g/mol. The average Bonchev–Trinajstić information content (AvgIpc) is 2.60. The number of nitrogens with one attached hydrogen (secondary N) is 1. The van der Waals surface area contributed by atoms with Gasteiger partial charge in [-0.3, -0.25) is 9.59 Å². The molecule has 0 saturated carbocycles. The van der Waals surface area contributed by atoms with Gasteiger partial charge in [-0.15, -0.1) is 0 Å². The molecule has 0 aromatic heterocycles. The molecule has 6 nitrogen and oxygen atoms in total. The van der Waals surface area contributed by atoms with E-state index >= 15 is 0 Å². The summed E-state index contributed by atoms with van der Waals surface area (Å²) in [6, 6.07) is 10.1. The lowest BCUT2D eigenvalue weighted by molar-refractivity contribution is -0.118. The van der Waals surface area contributed by atoms with Crippen LogP contribution >= 0.6 is 15.9 Å². The molecule has 0 saturated heterocycles. The predicted octanol–water partition coefficient (Wildman–Crippen LogP) is 3.30. The number of amides is 1. The predicted molar refractivity (Wildman–Crippen MR) is 93.2 cm³/mol. The van der Waals surface area contributed by atoms with E-state index in [9.17, 15) is 9.59 Å². The first-order valence-electron chi connectivity index (χ1n) is 6.96. The summed E-state index contributed by atoms with van der Waals surface area (Å²) < 4.78 is 16.4. The largest absolute Gasteiger partial charge is 0.497 e. The van der Waals surface area contributed by atoms with Gasteiger partial charge in [-0.2, -0.15) is 0 Å². The second-order valence-corrected chi connectivity index (χ2v) is 5.63. The minimum absolute atomic E-state index is 0.223. The van der Waals surface area contributed by atoms with Crippen LogP contribution in [0.1, 0.15) is 10.4 Å². The summed E-state index contributed by atoms with van der Waals surface area (Å²) in [4.78, 5) is 23.2. The van der Waals surface area contributed by atoms with Crippen LogP contribution in [0.15, 0.2) is 40.9 Å². The second kappa shape index (κ2) is 8.35. The van der Waals surface area contributed by atoms with Crippen LogP contribution in [0.2, 0.25) is 0 Å². The molecule has 1 N–H and O–H groups in total. The number of carbonyl (C=O) groups is 2. The van der Waals surface area contributed by atoms with Crippen LogP contribution in [0.3, 0.4) is 0 Å². The van der Waals surface area contributed by atoms with Crippen LogP contribution in [0.5, 0.6) is 17.2 Å². The fourth-order valence-corrected chi connectivity index (χ4v) is 2.45. The van der Waals surface area contributed by atoms with Gasteiger partial charge in [0.05, 0.1) is 19.8 Å². The summed E-state index contributed by atoms with van der Waals surface area (Å²) in [7, 11) is 3.03. The zero-order chi connectivity index (χ0) is 17.5. The van der Waals surface area contributed by atoms with E-state index in [1.165, 1.54) is 7.11 Å². The van der Waals surface area contributed by atoms with Crippen molar-refractivity contribution in [3.63, 3.8) is 0 Å². The van der Waals surface area contributed by atoms with E-state index in [2.05, 4.69) is 21.2 Å². The van der Waals surface area contributed by atoms with Crippen LogP contribution in [0.4, 0.5) is 5.69 Å². The summed E-state index contributed by atoms with van der Waals surface area (Å²) in [6.07, 6.45) is 0.643. The molecule has 0 spiro atoms. The van der Waals surface area contributed by atoms with E-state index in [1.54, 1.807) is 43.5 Å². The fraction of sp³-hybridized carbons (Fsp3) is 0.176. The maximum Gasteiger partial charge on any atom is 0.262 e.